The van der Waals surface area contributed by atoms with Crippen LogP contribution in [0.3, 0.4) is 0 Å². The summed E-state index contributed by atoms with van der Waals surface area (Å²) in [5.74, 6) is -1.93. The number of carbonyl (C=O) groups is 3. The lowest BCUT2D eigenvalue weighted by Gasteiger charge is -2.10. The predicted octanol–water partition coefficient (Wildman–Crippen LogP) is 3.83. The highest BCUT2D eigenvalue weighted by Crippen LogP contribution is 2.24. The van der Waals surface area contributed by atoms with Crippen molar-refractivity contribution < 1.29 is 31.9 Å². The summed E-state index contributed by atoms with van der Waals surface area (Å²) in [6, 6.07) is 11.5. The molecule has 0 unspecified atom stereocenters. The van der Waals surface area contributed by atoms with Crippen LogP contribution < -0.4 is 15.4 Å². The highest BCUT2D eigenvalue weighted by molar-refractivity contribution is 7.92. The minimum absolute atomic E-state index is 0.0585. The van der Waals surface area contributed by atoms with Crippen LogP contribution in [0, 0.1) is 5.82 Å². The van der Waals surface area contributed by atoms with Gasteiger partial charge in [-0.3, -0.25) is 19.6 Å². The van der Waals surface area contributed by atoms with Gasteiger partial charge in [0.15, 0.2) is 0 Å². The molecule has 2 aromatic carbocycles. The number of hydrogen-bond donors (Lipinski definition) is 3. The van der Waals surface area contributed by atoms with Gasteiger partial charge in [-0.25, -0.2) is 17.6 Å². The molecule has 0 fully saturated rings. The zero-order valence-electron chi connectivity index (χ0n) is 17.1. The maximum Gasteiger partial charge on any atom is 0.414 e. The van der Waals surface area contributed by atoms with Crippen LogP contribution in [0.5, 0.6) is 0 Å². The second-order valence-electron chi connectivity index (χ2n) is 6.43. The first-order chi connectivity index (χ1) is 15.7. The van der Waals surface area contributed by atoms with Gasteiger partial charge in [-0.2, -0.15) is 0 Å². The molecule has 0 bridgehead atoms. The van der Waals surface area contributed by atoms with Crippen LogP contribution in [-0.4, -0.2) is 32.9 Å². The maximum absolute atomic E-state index is 13.3. The fraction of sp³-hybridized carbons (Fsp3) is 0.0952. The third-order valence-electron chi connectivity index (χ3n) is 4.13. The number of alkyl carbamates (subject to hydrolysis) is 1. The SMILES string of the molecule is CCOC(=O)NC(=O)c1ccsc1NC(=O)c1ccc(S(=O)(=O)Nc2cccc(F)c2)cc1. The largest absolute Gasteiger partial charge is 0.450 e. The lowest BCUT2D eigenvalue weighted by atomic mass is 10.2. The first-order valence-corrected chi connectivity index (χ1v) is 11.8. The molecule has 3 N–H and O–H groups in total. The molecule has 0 atom stereocenters. The topological polar surface area (TPSA) is 131 Å². The average Bonchev–Trinajstić information content (AvgIpc) is 3.22. The highest BCUT2D eigenvalue weighted by Gasteiger charge is 2.19. The summed E-state index contributed by atoms with van der Waals surface area (Å²) in [5, 5.41) is 6.36. The molecule has 0 saturated carbocycles. The number of thiophene rings is 1. The van der Waals surface area contributed by atoms with E-state index in [-0.39, 0.29) is 33.3 Å². The lowest BCUT2D eigenvalue weighted by molar-refractivity contribution is 0.0926. The quantitative estimate of drug-likeness (QED) is 0.461. The second kappa shape index (κ2) is 10.2. The number of imide groups is 1. The summed E-state index contributed by atoms with van der Waals surface area (Å²) in [5.41, 5.74) is 0.257. The zero-order chi connectivity index (χ0) is 24.0. The standard InChI is InChI=1S/C21H18FN3O6S2/c1-2-31-21(28)24-19(27)17-10-11-32-20(17)23-18(26)13-6-8-16(9-7-13)33(29,30)25-15-5-3-4-14(22)12-15/h3-12,25H,2H2,1H3,(H,23,26)(H,24,27,28). The summed E-state index contributed by atoms with van der Waals surface area (Å²) < 4.78 is 45.2. The average molecular weight is 492 g/mol. The molecule has 0 spiro atoms. The normalized spacial score (nSPS) is 10.8. The Kier molecular flexibility index (Phi) is 7.41. The predicted molar refractivity (Wildman–Crippen MR) is 120 cm³/mol. The van der Waals surface area contributed by atoms with Crippen LogP contribution in [0.2, 0.25) is 0 Å². The van der Waals surface area contributed by atoms with E-state index in [4.69, 9.17) is 0 Å². The summed E-state index contributed by atoms with van der Waals surface area (Å²) in [6.45, 7) is 1.68. The fourth-order valence-corrected chi connectivity index (χ4v) is 4.47. The summed E-state index contributed by atoms with van der Waals surface area (Å²) in [6.07, 6.45) is -0.908. The van der Waals surface area contributed by atoms with E-state index in [1.54, 1.807) is 12.3 Å². The van der Waals surface area contributed by atoms with E-state index in [0.29, 0.717) is 0 Å². The molecule has 9 nitrogen and oxygen atoms in total. The molecule has 0 saturated heterocycles. The van der Waals surface area contributed by atoms with Gasteiger partial charge in [0, 0.05) is 5.56 Å². The fourth-order valence-electron chi connectivity index (χ4n) is 2.64. The zero-order valence-corrected chi connectivity index (χ0v) is 18.8. The van der Waals surface area contributed by atoms with Gasteiger partial charge in [0.25, 0.3) is 21.8 Å². The van der Waals surface area contributed by atoms with E-state index in [1.165, 1.54) is 48.5 Å². The molecule has 12 heteroatoms. The van der Waals surface area contributed by atoms with Crippen LogP contribution >= 0.6 is 11.3 Å². The van der Waals surface area contributed by atoms with Gasteiger partial charge < -0.3 is 10.1 Å². The van der Waals surface area contributed by atoms with Gasteiger partial charge >= 0.3 is 6.09 Å². The number of carbonyl (C=O) groups excluding carboxylic acids is 3. The van der Waals surface area contributed by atoms with Gasteiger partial charge in [-0.05, 0) is 60.8 Å². The van der Waals surface area contributed by atoms with E-state index in [0.717, 1.165) is 17.4 Å². The van der Waals surface area contributed by atoms with Crippen LogP contribution in [0.1, 0.15) is 27.6 Å². The van der Waals surface area contributed by atoms with E-state index in [9.17, 15) is 27.2 Å². The van der Waals surface area contributed by atoms with Crippen molar-refractivity contribution in [2.24, 2.45) is 0 Å². The molecule has 0 radical (unpaired) electrons. The molecule has 0 aliphatic rings. The molecular weight excluding hydrogens is 473 g/mol. The van der Waals surface area contributed by atoms with Gasteiger partial charge in [0.2, 0.25) is 0 Å². The van der Waals surface area contributed by atoms with E-state index in [2.05, 4.69) is 14.8 Å². The van der Waals surface area contributed by atoms with Crippen molar-refractivity contribution in [2.45, 2.75) is 11.8 Å². The van der Waals surface area contributed by atoms with Crippen LogP contribution in [0.4, 0.5) is 19.9 Å². The number of hydrogen-bond acceptors (Lipinski definition) is 7. The Morgan fingerprint density at radius 1 is 1.03 bits per heavy atom. The third kappa shape index (κ3) is 6.14. The van der Waals surface area contributed by atoms with E-state index < -0.39 is 33.7 Å². The number of ether oxygens (including phenoxy) is 1. The maximum atomic E-state index is 13.3. The van der Waals surface area contributed by atoms with Crippen LogP contribution in [-0.2, 0) is 14.8 Å². The Morgan fingerprint density at radius 3 is 2.42 bits per heavy atom. The van der Waals surface area contributed by atoms with E-state index in [1.807, 2.05) is 5.32 Å². The molecular formula is C21H18FN3O6S2. The molecule has 33 heavy (non-hydrogen) atoms. The van der Waals surface area contributed by atoms with Crippen molar-refractivity contribution in [3.05, 3.63) is 76.9 Å². The molecule has 1 aromatic heterocycles. The molecule has 3 aromatic rings. The van der Waals surface area contributed by atoms with Crippen molar-refractivity contribution in [2.75, 3.05) is 16.6 Å². The Morgan fingerprint density at radius 2 is 1.76 bits per heavy atom. The number of rotatable bonds is 7. The number of benzene rings is 2. The minimum atomic E-state index is -4.00. The summed E-state index contributed by atoms with van der Waals surface area (Å²) >= 11 is 1.07. The number of sulfonamides is 1. The van der Waals surface area contributed by atoms with Crippen LogP contribution in [0.15, 0.2) is 64.9 Å². The number of nitrogens with one attached hydrogen (secondary N) is 3. The van der Waals surface area contributed by atoms with Crippen molar-refractivity contribution in [1.82, 2.24) is 5.32 Å². The molecule has 0 aliphatic carbocycles. The van der Waals surface area contributed by atoms with Crippen molar-refractivity contribution in [1.29, 1.82) is 0 Å². The van der Waals surface area contributed by atoms with Crippen LogP contribution in [0.25, 0.3) is 0 Å². The van der Waals surface area contributed by atoms with Gasteiger partial charge in [-0.1, -0.05) is 6.07 Å². The Bertz CT molecular complexity index is 1290. The molecule has 172 valence electrons. The smallest absolute Gasteiger partial charge is 0.414 e. The Balaban J connectivity index is 1.70. The molecule has 3 rings (SSSR count). The summed E-state index contributed by atoms with van der Waals surface area (Å²) in [7, 11) is -4.00. The van der Waals surface area contributed by atoms with Gasteiger partial charge in [-0.15, -0.1) is 11.3 Å². The lowest BCUT2D eigenvalue weighted by Crippen LogP contribution is -2.31. The van der Waals surface area contributed by atoms with Gasteiger partial charge in [0.05, 0.1) is 22.8 Å². The Hall–Kier alpha value is -3.77. The monoisotopic (exact) mass is 491 g/mol. The van der Waals surface area contributed by atoms with Crippen molar-refractivity contribution in [3.63, 3.8) is 0 Å². The number of amides is 3. The molecule has 3 amide bonds. The number of halogens is 1. The first kappa shape index (κ1) is 23.9. The van der Waals surface area contributed by atoms with E-state index >= 15 is 0 Å². The molecule has 1 heterocycles. The molecule has 0 aliphatic heterocycles. The third-order valence-corrected chi connectivity index (χ3v) is 6.36. The minimum Gasteiger partial charge on any atom is -0.450 e. The Labute approximate surface area is 192 Å². The first-order valence-electron chi connectivity index (χ1n) is 9.45. The van der Waals surface area contributed by atoms with Gasteiger partial charge in [0.1, 0.15) is 10.8 Å². The van der Waals surface area contributed by atoms with Crippen molar-refractivity contribution in [3.8, 4) is 0 Å². The summed E-state index contributed by atoms with van der Waals surface area (Å²) in [4.78, 5) is 36.1. The second-order valence-corrected chi connectivity index (χ2v) is 9.03. The number of anilines is 2. The van der Waals surface area contributed by atoms with Crippen molar-refractivity contribution >= 4 is 50.0 Å². The highest BCUT2D eigenvalue weighted by atomic mass is 32.2.